The van der Waals surface area contributed by atoms with E-state index in [1.165, 1.54) is 25.6 Å². The van der Waals surface area contributed by atoms with Crippen LogP contribution in [-0.4, -0.2) is 17.1 Å². The number of para-hydroxylation sites is 1. The molecule has 0 aliphatic carbocycles. The molecular weight excluding hydrogens is 319 g/mol. The van der Waals surface area contributed by atoms with Crippen LogP contribution in [0.1, 0.15) is 11.1 Å². The molecule has 0 bridgehead atoms. The van der Waals surface area contributed by atoms with E-state index in [0.29, 0.717) is 5.82 Å². The Hall–Kier alpha value is -2.83. The lowest BCUT2D eigenvalue weighted by Gasteiger charge is -2.15. The van der Waals surface area contributed by atoms with Gasteiger partial charge < -0.3 is 10.1 Å². The van der Waals surface area contributed by atoms with Crippen molar-refractivity contribution in [3.63, 3.8) is 0 Å². The number of nitrogens with one attached hydrogen (secondary N) is 1. The number of alkyl halides is 3. The molecule has 3 aromatic rings. The van der Waals surface area contributed by atoms with E-state index in [-0.39, 0.29) is 17.9 Å². The number of aromatic nitrogens is 2. The quantitative estimate of drug-likeness (QED) is 0.774. The highest BCUT2D eigenvalue weighted by Gasteiger charge is 2.33. The molecule has 0 fully saturated rings. The second-order valence-electron chi connectivity index (χ2n) is 5.11. The molecule has 3 rings (SSSR count). The smallest absolute Gasteiger partial charge is 0.416 e. The Kier molecular flexibility index (Phi) is 4.24. The maximum Gasteiger partial charge on any atom is 0.416 e. The minimum absolute atomic E-state index is 0.0140. The van der Waals surface area contributed by atoms with E-state index in [2.05, 4.69) is 15.3 Å². The summed E-state index contributed by atoms with van der Waals surface area (Å²) < 4.78 is 44.6. The third-order valence-electron chi connectivity index (χ3n) is 3.61. The second-order valence-corrected chi connectivity index (χ2v) is 5.11. The third kappa shape index (κ3) is 3.24. The number of ether oxygens (including phenoxy) is 1. The van der Waals surface area contributed by atoms with Crippen LogP contribution in [-0.2, 0) is 12.7 Å². The number of hydrogen-bond donors (Lipinski definition) is 1. The van der Waals surface area contributed by atoms with Gasteiger partial charge in [0.15, 0.2) is 0 Å². The van der Waals surface area contributed by atoms with Gasteiger partial charge in [0.05, 0.1) is 18.2 Å². The van der Waals surface area contributed by atoms with Crippen LogP contribution in [0.4, 0.5) is 19.0 Å². The molecule has 0 spiro atoms. The van der Waals surface area contributed by atoms with Crippen molar-refractivity contribution < 1.29 is 17.9 Å². The van der Waals surface area contributed by atoms with Crippen LogP contribution in [0, 0.1) is 0 Å². The highest BCUT2D eigenvalue weighted by atomic mass is 19.4. The lowest BCUT2D eigenvalue weighted by molar-refractivity contribution is -0.138. The van der Waals surface area contributed by atoms with Gasteiger partial charge in [-0.25, -0.2) is 9.97 Å². The summed E-state index contributed by atoms with van der Waals surface area (Å²) >= 11 is 0. The van der Waals surface area contributed by atoms with E-state index in [1.54, 1.807) is 0 Å². The summed E-state index contributed by atoms with van der Waals surface area (Å²) in [5, 5.41) is 3.71. The monoisotopic (exact) mass is 333 g/mol. The molecule has 0 saturated carbocycles. The summed E-state index contributed by atoms with van der Waals surface area (Å²) in [6.07, 6.45) is -3.08. The first-order chi connectivity index (χ1) is 11.5. The van der Waals surface area contributed by atoms with Gasteiger partial charge in [0.2, 0.25) is 0 Å². The number of methoxy groups -OCH3 is 1. The van der Waals surface area contributed by atoms with Gasteiger partial charge in [-0.05, 0) is 29.8 Å². The first-order valence-corrected chi connectivity index (χ1v) is 7.17. The number of halogens is 3. The molecule has 0 atom stereocenters. The fraction of sp³-hybridized carbons (Fsp3) is 0.176. The molecule has 1 heterocycles. The standard InChI is InChI=1S/C17H14F3N3O/c1-24-12-7-6-11(14(8-12)17(18,19)20)9-21-16-13-4-2-3-5-15(13)22-10-23-16/h2-8,10H,9H2,1H3,(H,21,22,23). The number of rotatable bonds is 4. The third-order valence-corrected chi connectivity index (χ3v) is 3.61. The Labute approximate surface area is 136 Å². The van der Waals surface area contributed by atoms with E-state index >= 15 is 0 Å². The molecule has 24 heavy (non-hydrogen) atoms. The average molecular weight is 333 g/mol. The van der Waals surface area contributed by atoms with Crippen LogP contribution >= 0.6 is 0 Å². The Morgan fingerprint density at radius 1 is 1.08 bits per heavy atom. The predicted molar refractivity (Wildman–Crippen MR) is 84.9 cm³/mol. The van der Waals surface area contributed by atoms with Gasteiger partial charge in [-0.3, -0.25) is 0 Å². The average Bonchev–Trinajstić information content (AvgIpc) is 2.59. The minimum atomic E-state index is -4.46. The minimum Gasteiger partial charge on any atom is -0.497 e. The topological polar surface area (TPSA) is 47.0 Å². The predicted octanol–water partition coefficient (Wildman–Crippen LogP) is 4.27. The fourth-order valence-electron chi connectivity index (χ4n) is 2.43. The summed E-state index contributed by atoms with van der Waals surface area (Å²) in [5.74, 6) is 0.656. The molecule has 0 aliphatic heterocycles. The van der Waals surface area contributed by atoms with Crippen LogP contribution in [0.15, 0.2) is 48.8 Å². The van der Waals surface area contributed by atoms with Crippen molar-refractivity contribution in [2.45, 2.75) is 12.7 Å². The number of benzene rings is 2. The maximum absolute atomic E-state index is 13.2. The normalized spacial score (nSPS) is 11.5. The largest absolute Gasteiger partial charge is 0.497 e. The van der Waals surface area contributed by atoms with E-state index in [0.717, 1.165) is 17.0 Å². The SMILES string of the molecule is COc1ccc(CNc2ncnc3ccccc23)c(C(F)(F)F)c1. The molecule has 7 heteroatoms. The number of fused-ring (bicyclic) bond motifs is 1. The lowest BCUT2D eigenvalue weighted by atomic mass is 10.1. The summed E-state index contributed by atoms with van der Waals surface area (Å²) in [6.45, 7) is -0.0140. The van der Waals surface area contributed by atoms with Crippen molar-refractivity contribution in [1.82, 2.24) is 9.97 Å². The molecular formula is C17H14F3N3O. The molecule has 124 valence electrons. The van der Waals surface area contributed by atoms with Crippen molar-refractivity contribution in [1.29, 1.82) is 0 Å². The van der Waals surface area contributed by atoms with Gasteiger partial charge in [0.25, 0.3) is 0 Å². The lowest BCUT2D eigenvalue weighted by Crippen LogP contribution is -2.12. The maximum atomic E-state index is 13.2. The summed E-state index contributed by atoms with van der Waals surface area (Å²) in [7, 11) is 1.33. The molecule has 0 radical (unpaired) electrons. The summed E-state index contributed by atoms with van der Waals surface area (Å²) in [5.41, 5.74) is 0.111. The molecule has 0 aliphatic rings. The van der Waals surface area contributed by atoms with E-state index in [1.807, 2.05) is 24.3 Å². The highest BCUT2D eigenvalue weighted by molar-refractivity contribution is 5.88. The Balaban J connectivity index is 1.91. The van der Waals surface area contributed by atoms with Crippen LogP contribution < -0.4 is 10.1 Å². The fourth-order valence-corrected chi connectivity index (χ4v) is 2.43. The first-order valence-electron chi connectivity index (χ1n) is 7.17. The zero-order valence-electron chi connectivity index (χ0n) is 12.8. The van der Waals surface area contributed by atoms with Crippen molar-refractivity contribution in [3.05, 3.63) is 59.9 Å². The van der Waals surface area contributed by atoms with Crippen molar-refractivity contribution in [3.8, 4) is 5.75 Å². The second kappa shape index (κ2) is 6.35. The van der Waals surface area contributed by atoms with Crippen LogP contribution in [0.2, 0.25) is 0 Å². The summed E-state index contributed by atoms with van der Waals surface area (Å²) in [6, 6.07) is 11.2. The van der Waals surface area contributed by atoms with E-state index in [9.17, 15) is 13.2 Å². The van der Waals surface area contributed by atoms with Crippen LogP contribution in [0.3, 0.4) is 0 Å². The van der Waals surface area contributed by atoms with Crippen LogP contribution in [0.25, 0.3) is 10.9 Å². The van der Waals surface area contributed by atoms with Crippen molar-refractivity contribution >= 4 is 16.7 Å². The zero-order chi connectivity index (χ0) is 17.2. The van der Waals surface area contributed by atoms with Gasteiger partial charge in [-0.15, -0.1) is 0 Å². The Bertz CT molecular complexity index is 860. The Morgan fingerprint density at radius 3 is 2.62 bits per heavy atom. The number of anilines is 1. The van der Waals surface area contributed by atoms with Crippen molar-refractivity contribution in [2.75, 3.05) is 12.4 Å². The van der Waals surface area contributed by atoms with Crippen LogP contribution in [0.5, 0.6) is 5.75 Å². The van der Waals surface area contributed by atoms with Gasteiger partial charge >= 0.3 is 6.18 Å². The zero-order valence-corrected chi connectivity index (χ0v) is 12.8. The van der Waals surface area contributed by atoms with Crippen molar-refractivity contribution in [2.24, 2.45) is 0 Å². The molecule has 1 N–H and O–H groups in total. The Morgan fingerprint density at radius 2 is 1.88 bits per heavy atom. The highest BCUT2D eigenvalue weighted by Crippen LogP contribution is 2.34. The van der Waals surface area contributed by atoms with Gasteiger partial charge in [-0.1, -0.05) is 18.2 Å². The molecule has 0 saturated heterocycles. The van der Waals surface area contributed by atoms with Gasteiger partial charge in [0, 0.05) is 11.9 Å². The van der Waals surface area contributed by atoms with Gasteiger partial charge in [0.1, 0.15) is 17.9 Å². The molecule has 0 unspecified atom stereocenters. The first kappa shape index (κ1) is 16.0. The summed E-state index contributed by atoms with van der Waals surface area (Å²) in [4.78, 5) is 8.25. The molecule has 0 amide bonds. The number of nitrogens with zero attached hydrogens (tertiary/aromatic N) is 2. The van der Waals surface area contributed by atoms with Gasteiger partial charge in [-0.2, -0.15) is 13.2 Å². The number of hydrogen-bond acceptors (Lipinski definition) is 4. The van der Waals surface area contributed by atoms with E-state index in [4.69, 9.17) is 4.74 Å². The molecule has 4 nitrogen and oxygen atoms in total. The molecule has 2 aromatic carbocycles. The molecule has 1 aromatic heterocycles. The van der Waals surface area contributed by atoms with E-state index < -0.39 is 11.7 Å².